The molecule has 0 aliphatic carbocycles. The van der Waals surface area contributed by atoms with Gasteiger partial charge in [-0.25, -0.2) is 4.39 Å². The minimum Gasteiger partial charge on any atom is -0.481 e. The molecule has 0 heterocycles. The van der Waals surface area contributed by atoms with Crippen LogP contribution in [0, 0.1) is 18.2 Å². The Bertz CT molecular complexity index is 483. The maximum absolute atomic E-state index is 13.4. The molecule has 0 saturated carbocycles. The highest BCUT2D eigenvalue weighted by molar-refractivity contribution is 5.95. The van der Waals surface area contributed by atoms with Crippen LogP contribution in [0.3, 0.4) is 0 Å². The lowest BCUT2D eigenvalue weighted by atomic mass is 9.94. The average molecular weight is 253 g/mol. The summed E-state index contributed by atoms with van der Waals surface area (Å²) in [5.74, 6) is -2.25. The van der Waals surface area contributed by atoms with Gasteiger partial charge in [-0.3, -0.25) is 9.59 Å². The van der Waals surface area contributed by atoms with Crippen LogP contribution in [0.5, 0.6) is 0 Å². The van der Waals surface area contributed by atoms with Crippen LogP contribution in [-0.4, -0.2) is 23.5 Å². The summed E-state index contributed by atoms with van der Waals surface area (Å²) in [4.78, 5) is 22.6. The van der Waals surface area contributed by atoms with Crippen molar-refractivity contribution in [1.82, 2.24) is 5.32 Å². The van der Waals surface area contributed by atoms with Gasteiger partial charge < -0.3 is 10.4 Å². The molecule has 0 aliphatic rings. The zero-order valence-electron chi connectivity index (χ0n) is 10.6. The molecule has 0 fully saturated rings. The molecule has 0 saturated heterocycles. The number of halogens is 1. The zero-order valence-corrected chi connectivity index (χ0v) is 10.6. The Kier molecular flexibility index (Phi) is 4.06. The first-order chi connectivity index (χ1) is 8.24. The highest BCUT2D eigenvalue weighted by Gasteiger charge is 2.28. The summed E-state index contributed by atoms with van der Waals surface area (Å²) >= 11 is 0. The van der Waals surface area contributed by atoms with Crippen molar-refractivity contribution in [3.05, 3.63) is 35.1 Å². The third-order valence-corrected chi connectivity index (χ3v) is 2.64. The third-order valence-electron chi connectivity index (χ3n) is 2.64. The number of hydrogen-bond acceptors (Lipinski definition) is 2. The molecule has 2 N–H and O–H groups in total. The smallest absolute Gasteiger partial charge is 0.310 e. The Hall–Kier alpha value is -1.91. The van der Waals surface area contributed by atoms with Crippen molar-refractivity contribution in [1.29, 1.82) is 0 Å². The van der Waals surface area contributed by atoms with E-state index >= 15 is 0 Å². The van der Waals surface area contributed by atoms with E-state index in [9.17, 15) is 14.0 Å². The molecular weight excluding hydrogens is 237 g/mol. The van der Waals surface area contributed by atoms with Crippen molar-refractivity contribution in [3.8, 4) is 0 Å². The first-order valence-electron chi connectivity index (χ1n) is 5.52. The molecule has 18 heavy (non-hydrogen) atoms. The van der Waals surface area contributed by atoms with Crippen molar-refractivity contribution in [3.63, 3.8) is 0 Å². The van der Waals surface area contributed by atoms with E-state index in [1.807, 2.05) is 0 Å². The molecule has 0 aliphatic heterocycles. The predicted molar refractivity (Wildman–Crippen MR) is 64.9 cm³/mol. The maximum Gasteiger partial charge on any atom is 0.310 e. The van der Waals surface area contributed by atoms with Crippen LogP contribution in [0.4, 0.5) is 4.39 Å². The van der Waals surface area contributed by atoms with E-state index in [1.165, 1.54) is 26.0 Å². The molecule has 0 radical (unpaired) electrons. The van der Waals surface area contributed by atoms with Crippen LogP contribution in [0.1, 0.15) is 29.8 Å². The molecule has 1 aromatic carbocycles. The number of nitrogens with one attached hydrogen (secondary N) is 1. The summed E-state index contributed by atoms with van der Waals surface area (Å²) in [6.07, 6.45) is 0. The second-order valence-electron chi connectivity index (χ2n) is 4.86. The van der Waals surface area contributed by atoms with Gasteiger partial charge >= 0.3 is 5.97 Å². The third kappa shape index (κ3) is 3.29. The molecule has 1 aromatic rings. The van der Waals surface area contributed by atoms with E-state index < -0.39 is 23.1 Å². The summed E-state index contributed by atoms with van der Waals surface area (Å²) in [7, 11) is 0. The van der Waals surface area contributed by atoms with Gasteiger partial charge in [0.25, 0.3) is 5.91 Å². The molecule has 4 nitrogen and oxygen atoms in total. The number of aryl methyl sites for hydroxylation is 1. The van der Waals surface area contributed by atoms with Gasteiger partial charge in [-0.15, -0.1) is 0 Å². The fourth-order valence-corrected chi connectivity index (χ4v) is 1.29. The SMILES string of the molecule is Cc1ccc(F)c(C(=O)NCC(C)(C)C(=O)O)c1. The normalized spacial score (nSPS) is 11.1. The summed E-state index contributed by atoms with van der Waals surface area (Å²) in [6.45, 7) is 4.66. The van der Waals surface area contributed by atoms with E-state index in [2.05, 4.69) is 5.32 Å². The largest absolute Gasteiger partial charge is 0.481 e. The van der Waals surface area contributed by atoms with Crippen molar-refractivity contribution in [2.75, 3.05) is 6.54 Å². The van der Waals surface area contributed by atoms with E-state index in [4.69, 9.17) is 5.11 Å². The number of amides is 1. The molecule has 0 spiro atoms. The highest BCUT2D eigenvalue weighted by Crippen LogP contribution is 2.14. The Morgan fingerprint density at radius 1 is 1.39 bits per heavy atom. The van der Waals surface area contributed by atoms with Crippen LogP contribution in [-0.2, 0) is 4.79 Å². The topological polar surface area (TPSA) is 66.4 Å². The zero-order chi connectivity index (χ0) is 13.9. The Morgan fingerprint density at radius 3 is 2.56 bits per heavy atom. The van der Waals surface area contributed by atoms with Crippen LogP contribution >= 0.6 is 0 Å². The second kappa shape index (κ2) is 5.16. The van der Waals surface area contributed by atoms with E-state index in [1.54, 1.807) is 13.0 Å². The summed E-state index contributed by atoms with van der Waals surface area (Å²) < 4.78 is 13.4. The Labute approximate surface area is 105 Å². The van der Waals surface area contributed by atoms with Gasteiger partial charge in [-0.1, -0.05) is 11.6 Å². The minimum atomic E-state index is -1.09. The van der Waals surface area contributed by atoms with Gasteiger partial charge in [0.05, 0.1) is 11.0 Å². The van der Waals surface area contributed by atoms with E-state index in [0.717, 1.165) is 5.56 Å². The monoisotopic (exact) mass is 253 g/mol. The molecule has 0 aromatic heterocycles. The van der Waals surface area contributed by atoms with Crippen molar-refractivity contribution >= 4 is 11.9 Å². The number of hydrogen-bond donors (Lipinski definition) is 2. The van der Waals surface area contributed by atoms with Crippen LogP contribution in [0.2, 0.25) is 0 Å². The number of benzene rings is 1. The maximum atomic E-state index is 13.4. The van der Waals surface area contributed by atoms with Crippen molar-refractivity contribution in [2.45, 2.75) is 20.8 Å². The summed E-state index contributed by atoms with van der Waals surface area (Å²) in [5.41, 5.74) is -0.397. The lowest BCUT2D eigenvalue weighted by Gasteiger charge is -2.19. The number of carboxylic acid groups (broad SMARTS) is 1. The number of carbonyl (C=O) groups is 2. The molecule has 1 amide bonds. The van der Waals surface area contributed by atoms with Crippen LogP contribution in [0.25, 0.3) is 0 Å². The number of carboxylic acids is 1. The lowest BCUT2D eigenvalue weighted by Crippen LogP contribution is -2.39. The van der Waals surface area contributed by atoms with E-state index in [0.29, 0.717) is 0 Å². The van der Waals surface area contributed by atoms with Crippen molar-refractivity contribution in [2.24, 2.45) is 5.41 Å². The van der Waals surface area contributed by atoms with Gasteiger partial charge in [-0.2, -0.15) is 0 Å². The fraction of sp³-hybridized carbons (Fsp3) is 0.385. The van der Waals surface area contributed by atoms with Crippen LogP contribution < -0.4 is 5.32 Å². The van der Waals surface area contributed by atoms with E-state index in [-0.39, 0.29) is 12.1 Å². The quantitative estimate of drug-likeness (QED) is 0.862. The number of carbonyl (C=O) groups excluding carboxylic acids is 1. The molecule has 0 bridgehead atoms. The molecule has 1 rings (SSSR count). The standard InChI is InChI=1S/C13H16FNO3/c1-8-4-5-10(14)9(6-8)11(16)15-7-13(2,3)12(17)18/h4-6H,7H2,1-3H3,(H,15,16)(H,17,18). The first kappa shape index (κ1) is 14.2. The number of aliphatic carboxylic acids is 1. The van der Waals surface area contributed by atoms with Gasteiger partial charge in [0.15, 0.2) is 0 Å². The predicted octanol–water partition coefficient (Wildman–Crippen LogP) is 1.97. The molecule has 0 atom stereocenters. The second-order valence-corrected chi connectivity index (χ2v) is 4.86. The summed E-state index contributed by atoms with van der Waals surface area (Å²) in [6, 6.07) is 4.21. The van der Waals surface area contributed by atoms with Crippen molar-refractivity contribution < 1.29 is 19.1 Å². The minimum absolute atomic E-state index is 0.0610. The molecular formula is C13H16FNO3. The van der Waals surface area contributed by atoms with Crippen LogP contribution in [0.15, 0.2) is 18.2 Å². The fourth-order valence-electron chi connectivity index (χ4n) is 1.29. The first-order valence-corrected chi connectivity index (χ1v) is 5.52. The van der Waals surface area contributed by atoms with Gasteiger partial charge in [-0.05, 0) is 32.9 Å². The van der Waals surface area contributed by atoms with Gasteiger partial charge in [0, 0.05) is 6.54 Å². The average Bonchev–Trinajstić information content (AvgIpc) is 2.29. The highest BCUT2D eigenvalue weighted by atomic mass is 19.1. The molecule has 98 valence electrons. The van der Waals surface area contributed by atoms with Gasteiger partial charge in [0.1, 0.15) is 5.82 Å². The Morgan fingerprint density at radius 2 is 2.00 bits per heavy atom. The lowest BCUT2D eigenvalue weighted by molar-refractivity contribution is -0.146. The molecule has 5 heteroatoms. The Balaban J connectivity index is 2.78. The summed E-state index contributed by atoms with van der Waals surface area (Å²) in [5, 5.41) is 11.3. The molecule has 0 unspecified atom stereocenters. The van der Waals surface area contributed by atoms with Gasteiger partial charge in [0.2, 0.25) is 0 Å². The number of rotatable bonds is 4.